The van der Waals surface area contributed by atoms with Gasteiger partial charge in [-0.1, -0.05) is 6.07 Å². The van der Waals surface area contributed by atoms with Gasteiger partial charge in [-0.15, -0.1) is 0 Å². The third-order valence-corrected chi connectivity index (χ3v) is 4.16. The summed E-state index contributed by atoms with van der Waals surface area (Å²) in [7, 11) is 1.43. The molecule has 0 aliphatic carbocycles. The average molecular weight is 317 g/mol. The van der Waals surface area contributed by atoms with E-state index in [0.29, 0.717) is 12.8 Å². The first-order valence-corrected chi connectivity index (χ1v) is 7.77. The molecule has 1 aromatic carbocycles. The maximum absolute atomic E-state index is 13.6. The van der Waals surface area contributed by atoms with Crippen LogP contribution in [-0.2, 0) is 24.2 Å². The van der Waals surface area contributed by atoms with Gasteiger partial charge < -0.3 is 14.6 Å². The van der Waals surface area contributed by atoms with Crippen molar-refractivity contribution in [2.24, 2.45) is 0 Å². The molecule has 6 heteroatoms. The van der Waals surface area contributed by atoms with Crippen LogP contribution >= 0.6 is 0 Å². The number of ether oxygens (including phenoxy) is 1. The topological polar surface area (TPSA) is 56.1 Å². The molecule has 0 saturated carbocycles. The zero-order valence-corrected chi connectivity index (χ0v) is 13.1. The van der Waals surface area contributed by atoms with Gasteiger partial charge in [-0.25, -0.2) is 9.37 Å². The molecule has 1 aliphatic heterocycles. The van der Waals surface area contributed by atoms with Crippen molar-refractivity contribution in [3.8, 4) is 5.75 Å². The third-order valence-electron chi connectivity index (χ3n) is 4.16. The summed E-state index contributed by atoms with van der Waals surface area (Å²) in [5.41, 5.74) is 0.791. The van der Waals surface area contributed by atoms with Gasteiger partial charge in [0.2, 0.25) is 5.91 Å². The molecule has 1 N–H and O–H groups in total. The monoisotopic (exact) mass is 317 g/mol. The van der Waals surface area contributed by atoms with Gasteiger partial charge >= 0.3 is 0 Å². The van der Waals surface area contributed by atoms with E-state index in [1.165, 1.54) is 13.2 Å². The van der Waals surface area contributed by atoms with Crippen LogP contribution in [0.5, 0.6) is 5.75 Å². The van der Waals surface area contributed by atoms with Crippen LogP contribution in [0.2, 0.25) is 0 Å². The number of imidazole rings is 1. The van der Waals surface area contributed by atoms with Gasteiger partial charge in [0.05, 0.1) is 7.11 Å². The van der Waals surface area contributed by atoms with Crippen LogP contribution in [-0.4, -0.2) is 28.6 Å². The van der Waals surface area contributed by atoms with Crippen LogP contribution < -0.4 is 10.1 Å². The Hall–Kier alpha value is -2.37. The summed E-state index contributed by atoms with van der Waals surface area (Å²) in [6, 6.07) is 4.93. The SMILES string of the molecule is COc1ccc(CCC(=O)N[C@@H]2CCc3nccn3C2)cc1F. The lowest BCUT2D eigenvalue weighted by atomic mass is 10.1. The standard InChI is InChI=1S/C17H20FN3O2/c1-23-15-5-2-12(10-14(15)18)3-7-17(22)20-13-4-6-16-19-8-9-21(16)11-13/h2,5,8-10,13H,3-4,6-7,11H2,1H3,(H,20,22)/t13-/m1/s1. The number of hydrogen-bond acceptors (Lipinski definition) is 3. The summed E-state index contributed by atoms with van der Waals surface area (Å²) in [4.78, 5) is 16.4. The Labute approximate surface area is 134 Å². The number of nitrogens with one attached hydrogen (secondary N) is 1. The lowest BCUT2D eigenvalue weighted by Gasteiger charge is -2.24. The van der Waals surface area contributed by atoms with Crippen molar-refractivity contribution in [1.29, 1.82) is 0 Å². The Morgan fingerprint density at radius 1 is 1.52 bits per heavy atom. The van der Waals surface area contributed by atoms with Crippen molar-refractivity contribution in [2.75, 3.05) is 7.11 Å². The highest BCUT2D eigenvalue weighted by Gasteiger charge is 2.20. The van der Waals surface area contributed by atoms with Gasteiger partial charge in [-0.05, 0) is 30.5 Å². The molecule has 0 spiro atoms. The molecular weight excluding hydrogens is 297 g/mol. The van der Waals surface area contributed by atoms with E-state index < -0.39 is 5.82 Å². The van der Waals surface area contributed by atoms with Crippen molar-refractivity contribution >= 4 is 5.91 Å². The fourth-order valence-corrected chi connectivity index (χ4v) is 2.91. The second kappa shape index (κ2) is 6.81. The van der Waals surface area contributed by atoms with Crippen molar-refractivity contribution in [3.05, 3.63) is 47.8 Å². The average Bonchev–Trinajstić information content (AvgIpc) is 3.01. The van der Waals surface area contributed by atoms with Crippen LogP contribution in [0.25, 0.3) is 0 Å². The summed E-state index contributed by atoms with van der Waals surface area (Å²) in [5.74, 6) is 0.890. The number of carbonyl (C=O) groups excluding carboxylic acids is 1. The van der Waals surface area contributed by atoms with E-state index in [1.807, 2.05) is 6.20 Å². The van der Waals surface area contributed by atoms with Crippen LogP contribution in [0.1, 0.15) is 24.2 Å². The van der Waals surface area contributed by atoms with E-state index in [0.717, 1.165) is 30.8 Å². The smallest absolute Gasteiger partial charge is 0.220 e. The van der Waals surface area contributed by atoms with E-state index in [-0.39, 0.29) is 17.7 Å². The summed E-state index contributed by atoms with van der Waals surface area (Å²) < 4.78 is 20.6. The Bertz CT molecular complexity index is 699. The number of halogens is 1. The van der Waals surface area contributed by atoms with Gasteiger partial charge in [0, 0.05) is 37.8 Å². The van der Waals surface area contributed by atoms with E-state index >= 15 is 0 Å². The zero-order chi connectivity index (χ0) is 16.2. The summed E-state index contributed by atoms with van der Waals surface area (Å²) in [5, 5.41) is 3.05. The molecule has 0 bridgehead atoms. The van der Waals surface area contributed by atoms with Gasteiger partial charge in [0.1, 0.15) is 5.82 Å². The number of benzene rings is 1. The number of fused-ring (bicyclic) bond motifs is 1. The first kappa shape index (κ1) is 15.5. The van der Waals surface area contributed by atoms with E-state index in [2.05, 4.69) is 14.9 Å². The molecule has 2 heterocycles. The van der Waals surface area contributed by atoms with E-state index in [1.54, 1.807) is 18.3 Å². The minimum Gasteiger partial charge on any atom is -0.494 e. The maximum Gasteiger partial charge on any atom is 0.220 e. The highest BCUT2D eigenvalue weighted by Crippen LogP contribution is 2.18. The normalized spacial score (nSPS) is 16.7. The summed E-state index contributed by atoms with van der Waals surface area (Å²) in [6.45, 7) is 0.762. The summed E-state index contributed by atoms with van der Waals surface area (Å²) >= 11 is 0. The maximum atomic E-state index is 13.6. The number of nitrogens with zero attached hydrogens (tertiary/aromatic N) is 2. The number of aryl methyl sites for hydroxylation is 2. The third kappa shape index (κ3) is 3.70. The number of aromatic nitrogens is 2. The minimum absolute atomic E-state index is 0.00482. The molecular formula is C17H20FN3O2. The zero-order valence-electron chi connectivity index (χ0n) is 13.1. The number of amides is 1. The number of rotatable bonds is 5. The predicted molar refractivity (Wildman–Crippen MR) is 83.8 cm³/mol. The van der Waals surface area contributed by atoms with Gasteiger partial charge in [-0.2, -0.15) is 0 Å². The van der Waals surface area contributed by atoms with Gasteiger partial charge in [0.15, 0.2) is 11.6 Å². The number of methoxy groups -OCH3 is 1. The van der Waals surface area contributed by atoms with Crippen molar-refractivity contribution in [2.45, 2.75) is 38.3 Å². The van der Waals surface area contributed by atoms with Crippen molar-refractivity contribution in [1.82, 2.24) is 14.9 Å². The van der Waals surface area contributed by atoms with Crippen LogP contribution in [0.4, 0.5) is 4.39 Å². The summed E-state index contributed by atoms with van der Waals surface area (Å²) in [6.07, 6.45) is 6.36. The van der Waals surface area contributed by atoms with E-state index in [9.17, 15) is 9.18 Å². The fourth-order valence-electron chi connectivity index (χ4n) is 2.91. The molecule has 2 aromatic rings. The highest BCUT2D eigenvalue weighted by molar-refractivity contribution is 5.76. The minimum atomic E-state index is -0.398. The predicted octanol–water partition coefficient (Wildman–Crippen LogP) is 2.09. The molecule has 1 amide bonds. The first-order valence-electron chi connectivity index (χ1n) is 7.77. The molecule has 1 aromatic heterocycles. The fraction of sp³-hybridized carbons (Fsp3) is 0.412. The lowest BCUT2D eigenvalue weighted by Crippen LogP contribution is -2.40. The molecule has 0 radical (unpaired) electrons. The number of carbonyl (C=O) groups is 1. The first-order chi connectivity index (χ1) is 11.2. The van der Waals surface area contributed by atoms with E-state index in [4.69, 9.17) is 4.74 Å². The Morgan fingerprint density at radius 3 is 3.17 bits per heavy atom. The molecule has 0 saturated heterocycles. The highest BCUT2D eigenvalue weighted by atomic mass is 19.1. The Kier molecular flexibility index (Phi) is 4.60. The van der Waals surface area contributed by atoms with Gasteiger partial charge in [-0.3, -0.25) is 4.79 Å². The second-order valence-corrected chi connectivity index (χ2v) is 5.77. The molecule has 1 aliphatic rings. The second-order valence-electron chi connectivity index (χ2n) is 5.77. The molecule has 0 fully saturated rings. The molecule has 1 atom stereocenters. The molecule has 23 heavy (non-hydrogen) atoms. The molecule has 5 nitrogen and oxygen atoms in total. The molecule has 3 rings (SSSR count). The van der Waals surface area contributed by atoms with Crippen molar-refractivity contribution < 1.29 is 13.9 Å². The van der Waals surface area contributed by atoms with Crippen LogP contribution in [0, 0.1) is 5.82 Å². The van der Waals surface area contributed by atoms with Crippen molar-refractivity contribution in [3.63, 3.8) is 0 Å². The van der Waals surface area contributed by atoms with Crippen LogP contribution in [0.15, 0.2) is 30.6 Å². The Balaban J connectivity index is 1.49. The Morgan fingerprint density at radius 2 is 2.39 bits per heavy atom. The number of hydrogen-bond donors (Lipinski definition) is 1. The van der Waals surface area contributed by atoms with Crippen LogP contribution in [0.3, 0.4) is 0 Å². The molecule has 0 unspecified atom stereocenters. The lowest BCUT2D eigenvalue weighted by molar-refractivity contribution is -0.122. The quantitative estimate of drug-likeness (QED) is 0.919. The molecule has 122 valence electrons. The van der Waals surface area contributed by atoms with Gasteiger partial charge in [0.25, 0.3) is 0 Å². The largest absolute Gasteiger partial charge is 0.494 e.